The lowest BCUT2D eigenvalue weighted by atomic mass is 10.6. The molecule has 0 spiro atoms. The van der Waals surface area contributed by atoms with E-state index in [0.717, 1.165) is 5.84 Å². The summed E-state index contributed by atoms with van der Waals surface area (Å²) in [6.45, 7) is 7.38. The Morgan fingerprint density at radius 3 is 2.36 bits per heavy atom. The van der Waals surface area contributed by atoms with Crippen molar-refractivity contribution < 1.29 is 0 Å². The van der Waals surface area contributed by atoms with Crippen LogP contribution in [-0.4, -0.2) is 25.3 Å². The maximum Gasteiger partial charge on any atom is 0.119 e. The minimum Gasteiger partial charge on any atom is -0.274 e. The van der Waals surface area contributed by atoms with E-state index in [1.807, 2.05) is 6.92 Å². The number of hydrogen-bond donors (Lipinski definition) is 0. The average Bonchev–Trinajstić information content (AvgIpc) is 2.02. The first-order valence-corrected chi connectivity index (χ1v) is 4.33. The molecule has 2 nitrogen and oxygen atoms in total. The van der Waals surface area contributed by atoms with Gasteiger partial charge in [-0.1, -0.05) is 19.6 Å². The van der Waals surface area contributed by atoms with E-state index in [9.17, 15) is 0 Å². The van der Waals surface area contributed by atoms with Gasteiger partial charge in [-0.05, 0) is 13.1 Å². The highest BCUT2D eigenvalue weighted by Gasteiger charge is 1.73. The fourth-order valence-electron chi connectivity index (χ4n) is 0.218. The third kappa shape index (κ3) is 17.7. The van der Waals surface area contributed by atoms with Gasteiger partial charge < -0.3 is 0 Å². The van der Waals surface area contributed by atoms with Gasteiger partial charge in [0.25, 0.3) is 0 Å². The molecule has 0 aliphatic rings. The first kappa shape index (κ1) is 13.1. The van der Waals surface area contributed by atoms with Gasteiger partial charge in [0.15, 0.2) is 0 Å². The summed E-state index contributed by atoms with van der Waals surface area (Å²) in [5.74, 6) is 0.768. The van der Waals surface area contributed by atoms with Gasteiger partial charge in [0, 0.05) is 13.3 Å². The molecule has 0 aromatic rings. The van der Waals surface area contributed by atoms with Crippen molar-refractivity contribution in [2.45, 2.75) is 13.8 Å². The number of hydrogen-bond acceptors (Lipinski definition) is 1. The van der Waals surface area contributed by atoms with E-state index in [-0.39, 0.29) is 0 Å². The van der Waals surface area contributed by atoms with Gasteiger partial charge in [-0.25, -0.2) is 4.99 Å². The highest BCUT2D eigenvalue weighted by Crippen LogP contribution is 1.73. The molecule has 0 radical (unpaired) electrons. The molecule has 3 heteroatoms. The molecule has 0 heterocycles. The first-order chi connectivity index (χ1) is 5.22. The Kier molecular flexibility index (Phi) is 14.6. The highest BCUT2D eigenvalue weighted by molar-refractivity contribution is 7.16. The van der Waals surface area contributed by atoms with Crippen LogP contribution in [0.25, 0.3) is 0 Å². The molecule has 0 aliphatic heterocycles. The molecule has 0 amide bonds. The Labute approximate surface area is 71.7 Å². The monoisotopic (exact) mass is 172 g/mol. The summed E-state index contributed by atoms with van der Waals surface area (Å²) in [4.78, 5) is 7.66. The largest absolute Gasteiger partial charge is 0.274 e. The quantitative estimate of drug-likeness (QED) is 0.329. The van der Waals surface area contributed by atoms with Crippen molar-refractivity contribution in [2.24, 2.45) is 9.98 Å². The van der Waals surface area contributed by atoms with Gasteiger partial charge in [0.2, 0.25) is 0 Å². The fourth-order valence-corrected chi connectivity index (χ4v) is 0.218. The number of allylic oxidation sites excluding steroid dienone is 1. The zero-order valence-electron chi connectivity index (χ0n) is 7.54. The summed E-state index contributed by atoms with van der Waals surface area (Å²) in [7, 11) is 4.28. The second-order valence-electron chi connectivity index (χ2n) is 1.69. The van der Waals surface area contributed by atoms with E-state index in [2.05, 4.69) is 32.7 Å². The molecule has 64 valence electrons. The van der Waals surface area contributed by atoms with Crippen LogP contribution in [0.2, 0.25) is 0 Å². The van der Waals surface area contributed by atoms with Crippen molar-refractivity contribution in [3.05, 3.63) is 12.7 Å². The van der Waals surface area contributed by atoms with Crippen molar-refractivity contribution >= 4 is 21.3 Å². The van der Waals surface area contributed by atoms with E-state index in [0.29, 0.717) is 0 Å². The summed E-state index contributed by atoms with van der Waals surface area (Å²) in [5.41, 5.74) is 0. The van der Waals surface area contributed by atoms with Crippen molar-refractivity contribution in [1.82, 2.24) is 0 Å². The molecular weight excluding hydrogens is 155 g/mol. The summed E-state index contributed by atoms with van der Waals surface area (Å²) in [5, 5.41) is 0. The fraction of sp³-hybridized carbons (Fsp3) is 0.500. The summed E-state index contributed by atoms with van der Waals surface area (Å²) in [6.07, 6.45) is 4.40. The van der Waals surface area contributed by atoms with Gasteiger partial charge in [-0.15, -0.1) is 9.24 Å². The van der Waals surface area contributed by atoms with Crippen LogP contribution in [0.15, 0.2) is 22.6 Å². The SMILES string of the molecule is C=CC=NC(C)=NC.CCP. The number of rotatable bonds is 1. The van der Waals surface area contributed by atoms with Crippen molar-refractivity contribution in [3.8, 4) is 0 Å². The molecular formula is C8H17N2P. The van der Waals surface area contributed by atoms with Crippen LogP contribution in [0.5, 0.6) is 0 Å². The van der Waals surface area contributed by atoms with Crippen LogP contribution < -0.4 is 0 Å². The second kappa shape index (κ2) is 12.2. The minimum atomic E-state index is 0.768. The molecule has 0 saturated carbocycles. The smallest absolute Gasteiger partial charge is 0.119 e. The highest BCUT2D eigenvalue weighted by atomic mass is 31.0. The Balaban J connectivity index is 0. The maximum absolute atomic E-state index is 3.87. The molecule has 1 atom stereocenters. The summed E-state index contributed by atoms with van der Waals surface area (Å²) < 4.78 is 0. The van der Waals surface area contributed by atoms with Gasteiger partial charge >= 0.3 is 0 Å². The molecule has 1 unspecified atom stereocenters. The van der Waals surface area contributed by atoms with E-state index in [1.54, 1.807) is 19.3 Å². The number of aliphatic imine (C=N–C) groups is 2. The molecule has 0 fully saturated rings. The standard InChI is InChI=1S/C6H10N2.C2H7P/c1-4-5-8-6(2)7-3;1-2-3/h4-5H,1H2,2-3H3;2-3H2,1H3. The molecule has 0 aromatic heterocycles. The molecule has 0 bridgehead atoms. The van der Waals surface area contributed by atoms with Gasteiger partial charge in [-0.2, -0.15) is 0 Å². The molecule has 11 heavy (non-hydrogen) atoms. The van der Waals surface area contributed by atoms with Gasteiger partial charge in [0.05, 0.1) is 0 Å². The Hall–Kier alpha value is -0.490. The van der Waals surface area contributed by atoms with Crippen molar-refractivity contribution in [3.63, 3.8) is 0 Å². The van der Waals surface area contributed by atoms with Crippen molar-refractivity contribution in [2.75, 3.05) is 13.2 Å². The van der Waals surface area contributed by atoms with Crippen LogP contribution >= 0.6 is 9.24 Å². The van der Waals surface area contributed by atoms with E-state index < -0.39 is 0 Å². The van der Waals surface area contributed by atoms with Crippen LogP contribution in [0.1, 0.15) is 13.8 Å². The van der Waals surface area contributed by atoms with E-state index in [1.165, 1.54) is 6.16 Å². The minimum absolute atomic E-state index is 0.768. The third-order valence-corrected chi connectivity index (χ3v) is 0.690. The molecule has 0 aliphatic carbocycles. The molecule has 0 N–H and O–H groups in total. The van der Waals surface area contributed by atoms with Crippen molar-refractivity contribution in [1.29, 1.82) is 0 Å². The maximum atomic E-state index is 3.87. The Morgan fingerprint density at radius 1 is 1.64 bits per heavy atom. The zero-order valence-corrected chi connectivity index (χ0v) is 8.70. The second-order valence-corrected chi connectivity index (χ2v) is 2.51. The number of amidine groups is 1. The van der Waals surface area contributed by atoms with Crippen LogP contribution in [0.4, 0.5) is 0 Å². The van der Waals surface area contributed by atoms with Crippen LogP contribution in [0, 0.1) is 0 Å². The number of nitrogens with zero attached hydrogens (tertiary/aromatic N) is 2. The molecule has 0 aromatic carbocycles. The Bertz CT molecular complexity index is 139. The predicted molar refractivity (Wildman–Crippen MR) is 58.0 cm³/mol. The zero-order chi connectivity index (χ0) is 9.11. The topological polar surface area (TPSA) is 24.7 Å². The van der Waals surface area contributed by atoms with Crippen LogP contribution in [0.3, 0.4) is 0 Å². The normalized spacial score (nSPS) is 10.7. The predicted octanol–water partition coefficient (Wildman–Crippen LogP) is 2.17. The third-order valence-electron chi connectivity index (χ3n) is 0.690. The van der Waals surface area contributed by atoms with Crippen LogP contribution in [-0.2, 0) is 0 Å². The van der Waals surface area contributed by atoms with E-state index in [4.69, 9.17) is 0 Å². The summed E-state index contributed by atoms with van der Waals surface area (Å²) >= 11 is 0. The first-order valence-electron chi connectivity index (χ1n) is 3.51. The summed E-state index contributed by atoms with van der Waals surface area (Å²) in [6, 6.07) is 0. The molecule has 0 rings (SSSR count). The lowest BCUT2D eigenvalue weighted by Gasteiger charge is -1.81. The van der Waals surface area contributed by atoms with Gasteiger partial charge in [-0.3, -0.25) is 4.99 Å². The van der Waals surface area contributed by atoms with Gasteiger partial charge in [0.1, 0.15) is 5.84 Å². The molecule has 0 saturated heterocycles. The lowest BCUT2D eigenvalue weighted by Crippen LogP contribution is -1.82. The van der Waals surface area contributed by atoms with E-state index >= 15 is 0 Å². The Morgan fingerprint density at radius 2 is 2.09 bits per heavy atom. The average molecular weight is 172 g/mol. The lowest BCUT2D eigenvalue weighted by molar-refractivity contribution is 1.38.